The van der Waals surface area contributed by atoms with Crippen molar-refractivity contribution < 1.29 is 4.79 Å². The molecular formula is C18H16N4OS. The van der Waals surface area contributed by atoms with Crippen LogP contribution in [0.15, 0.2) is 65.8 Å². The minimum absolute atomic E-state index is 0.445. The molecule has 0 saturated heterocycles. The van der Waals surface area contributed by atoms with Crippen LogP contribution in [0.4, 0.5) is 11.5 Å². The molecular weight excluding hydrogens is 320 g/mol. The molecule has 0 unspecified atom stereocenters. The molecule has 2 aromatic carbocycles. The Bertz CT molecular complexity index is 865. The van der Waals surface area contributed by atoms with Crippen molar-refractivity contribution >= 4 is 29.2 Å². The monoisotopic (exact) mass is 336 g/mol. The lowest BCUT2D eigenvalue weighted by Crippen LogP contribution is -2.10. The highest BCUT2D eigenvalue weighted by atomic mass is 32.2. The number of amides is 1. The van der Waals surface area contributed by atoms with Crippen LogP contribution in [0.3, 0.4) is 0 Å². The number of hydrogen-bond acceptors (Lipinski definition) is 5. The first kappa shape index (κ1) is 16.0. The molecule has 5 nitrogen and oxygen atoms in total. The first-order chi connectivity index (χ1) is 11.7. The van der Waals surface area contributed by atoms with Gasteiger partial charge in [0.1, 0.15) is 12.1 Å². The third-order valence-electron chi connectivity index (χ3n) is 3.49. The van der Waals surface area contributed by atoms with Crippen LogP contribution >= 0.6 is 11.8 Å². The third-order valence-corrected chi connectivity index (χ3v) is 4.29. The van der Waals surface area contributed by atoms with Crippen LogP contribution < -0.4 is 11.1 Å². The maximum absolute atomic E-state index is 11.1. The van der Waals surface area contributed by atoms with Crippen molar-refractivity contribution in [3.63, 3.8) is 0 Å². The Morgan fingerprint density at radius 2 is 1.83 bits per heavy atom. The molecule has 24 heavy (non-hydrogen) atoms. The van der Waals surface area contributed by atoms with E-state index in [1.54, 1.807) is 36.0 Å². The van der Waals surface area contributed by atoms with Crippen molar-refractivity contribution in [2.75, 3.05) is 11.6 Å². The summed E-state index contributed by atoms with van der Waals surface area (Å²) in [6.07, 6.45) is 3.58. The summed E-state index contributed by atoms with van der Waals surface area (Å²) in [6, 6.07) is 16.9. The van der Waals surface area contributed by atoms with Crippen molar-refractivity contribution in [3.05, 3.63) is 66.5 Å². The van der Waals surface area contributed by atoms with Gasteiger partial charge < -0.3 is 11.1 Å². The van der Waals surface area contributed by atoms with E-state index in [9.17, 15) is 4.79 Å². The molecule has 0 aliphatic rings. The molecule has 3 N–H and O–H groups in total. The smallest absolute Gasteiger partial charge is 0.248 e. The quantitative estimate of drug-likeness (QED) is 0.694. The number of benzene rings is 2. The predicted molar refractivity (Wildman–Crippen MR) is 97.5 cm³/mol. The molecule has 0 spiro atoms. The predicted octanol–water partition coefficient (Wildman–Crippen LogP) is 3.71. The molecule has 0 bridgehead atoms. The largest absolute Gasteiger partial charge is 0.366 e. The number of aromatic nitrogens is 2. The summed E-state index contributed by atoms with van der Waals surface area (Å²) in [4.78, 5) is 20.9. The Labute approximate surface area is 144 Å². The van der Waals surface area contributed by atoms with Gasteiger partial charge in [-0.15, -0.1) is 11.8 Å². The Kier molecular flexibility index (Phi) is 4.77. The summed E-state index contributed by atoms with van der Waals surface area (Å²) in [5, 5.41) is 3.21. The van der Waals surface area contributed by atoms with E-state index < -0.39 is 5.91 Å². The lowest BCUT2D eigenvalue weighted by atomic mass is 10.1. The average Bonchev–Trinajstić information content (AvgIpc) is 2.62. The highest BCUT2D eigenvalue weighted by Gasteiger charge is 2.07. The van der Waals surface area contributed by atoms with Crippen LogP contribution in [-0.4, -0.2) is 22.1 Å². The van der Waals surface area contributed by atoms with Gasteiger partial charge in [-0.2, -0.15) is 0 Å². The lowest BCUT2D eigenvalue weighted by molar-refractivity contribution is 0.100. The van der Waals surface area contributed by atoms with E-state index in [4.69, 9.17) is 5.73 Å². The molecule has 0 atom stereocenters. The number of nitrogens with two attached hydrogens (primary N) is 1. The highest BCUT2D eigenvalue weighted by Crippen LogP contribution is 2.29. The van der Waals surface area contributed by atoms with Crippen LogP contribution in [-0.2, 0) is 0 Å². The van der Waals surface area contributed by atoms with E-state index >= 15 is 0 Å². The summed E-state index contributed by atoms with van der Waals surface area (Å²) >= 11 is 1.68. The van der Waals surface area contributed by atoms with Gasteiger partial charge in [-0.1, -0.05) is 18.2 Å². The third kappa shape index (κ3) is 3.55. The Balaban J connectivity index is 1.86. The number of rotatable bonds is 5. The topological polar surface area (TPSA) is 80.9 Å². The fourth-order valence-corrected chi connectivity index (χ4v) is 2.90. The maximum Gasteiger partial charge on any atom is 0.248 e. The molecule has 0 aliphatic heterocycles. The Morgan fingerprint density at radius 1 is 1.08 bits per heavy atom. The SMILES string of the molecule is CSc1ccccc1-c1cc(Nc2ccc(C(N)=O)cc2)ncn1. The zero-order chi connectivity index (χ0) is 16.9. The number of thioether (sulfide) groups is 1. The van der Waals surface area contributed by atoms with Crippen LogP contribution in [0.5, 0.6) is 0 Å². The minimum atomic E-state index is -0.445. The summed E-state index contributed by atoms with van der Waals surface area (Å²) in [6.45, 7) is 0. The molecule has 0 saturated carbocycles. The van der Waals surface area contributed by atoms with Gasteiger partial charge in [0.05, 0.1) is 5.69 Å². The van der Waals surface area contributed by atoms with Gasteiger partial charge in [-0.05, 0) is 36.6 Å². The number of hydrogen-bond donors (Lipinski definition) is 2. The molecule has 1 amide bonds. The zero-order valence-electron chi connectivity index (χ0n) is 13.1. The first-order valence-electron chi connectivity index (χ1n) is 7.29. The molecule has 3 rings (SSSR count). The van der Waals surface area contributed by atoms with Crippen LogP contribution in [0.1, 0.15) is 10.4 Å². The van der Waals surface area contributed by atoms with Gasteiger partial charge in [-0.25, -0.2) is 9.97 Å². The molecule has 0 radical (unpaired) electrons. The second-order valence-corrected chi connectivity index (χ2v) is 5.90. The number of primary amides is 1. The highest BCUT2D eigenvalue weighted by molar-refractivity contribution is 7.98. The first-order valence-corrected chi connectivity index (χ1v) is 8.52. The molecule has 120 valence electrons. The lowest BCUT2D eigenvalue weighted by Gasteiger charge is -2.09. The van der Waals surface area contributed by atoms with Gasteiger partial charge in [-0.3, -0.25) is 4.79 Å². The van der Waals surface area contributed by atoms with Crippen LogP contribution in [0, 0.1) is 0 Å². The normalized spacial score (nSPS) is 10.4. The average molecular weight is 336 g/mol. The maximum atomic E-state index is 11.1. The molecule has 0 aliphatic carbocycles. The van der Waals surface area contributed by atoms with Crippen LogP contribution in [0.2, 0.25) is 0 Å². The van der Waals surface area contributed by atoms with Crippen molar-refractivity contribution in [2.24, 2.45) is 5.73 Å². The zero-order valence-corrected chi connectivity index (χ0v) is 13.9. The summed E-state index contributed by atoms with van der Waals surface area (Å²) < 4.78 is 0. The van der Waals surface area contributed by atoms with E-state index in [0.29, 0.717) is 11.4 Å². The van der Waals surface area contributed by atoms with Crippen molar-refractivity contribution in [1.82, 2.24) is 9.97 Å². The standard InChI is InChI=1S/C18H16N4OS/c1-24-16-5-3-2-4-14(16)15-10-17(21-11-20-15)22-13-8-6-12(7-9-13)18(19)23/h2-11H,1H3,(H2,19,23)(H,20,21,22). The second kappa shape index (κ2) is 7.14. The summed E-state index contributed by atoms with van der Waals surface area (Å²) in [5.41, 5.74) is 8.46. The van der Waals surface area contributed by atoms with Crippen molar-refractivity contribution in [1.29, 1.82) is 0 Å². The minimum Gasteiger partial charge on any atom is -0.366 e. The molecule has 0 fully saturated rings. The van der Waals surface area contributed by atoms with E-state index in [-0.39, 0.29) is 0 Å². The fourth-order valence-electron chi connectivity index (χ4n) is 2.29. The fraction of sp³-hybridized carbons (Fsp3) is 0.0556. The van der Waals surface area contributed by atoms with Crippen molar-refractivity contribution in [3.8, 4) is 11.3 Å². The number of carbonyl (C=O) groups is 1. The summed E-state index contributed by atoms with van der Waals surface area (Å²) in [5.74, 6) is 0.238. The number of nitrogens with zero attached hydrogens (tertiary/aromatic N) is 2. The van der Waals surface area contributed by atoms with E-state index in [1.807, 2.05) is 30.5 Å². The van der Waals surface area contributed by atoms with Crippen molar-refractivity contribution in [2.45, 2.75) is 4.90 Å². The number of anilines is 2. The molecule has 3 aromatic rings. The summed E-state index contributed by atoms with van der Waals surface area (Å²) in [7, 11) is 0. The van der Waals surface area contributed by atoms with E-state index in [2.05, 4.69) is 21.4 Å². The Hall–Kier alpha value is -2.86. The van der Waals surface area contributed by atoms with Gasteiger partial charge in [0, 0.05) is 27.8 Å². The van der Waals surface area contributed by atoms with Gasteiger partial charge in [0.25, 0.3) is 0 Å². The van der Waals surface area contributed by atoms with E-state index in [0.717, 1.165) is 21.8 Å². The second-order valence-electron chi connectivity index (χ2n) is 5.06. The van der Waals surface area contributed by atoms with Gasteiger partial charge in [0.2, 0.25) is 5.91 Å². The number of carbonyl (C=O) groups excluding carboxylic acids is 1. The molecule has 1 heterocycles. The van der Waals surface area contributed by atoms with Gasteiger partial charge >= 0.3 is 0 Å². The number of nitrogens with one attached hydrogen (secondary N) is 1. The van der Waals surface area contributed by atoms with Crippen LogP contribution in [0.25, 0.3) is 11.3 Å². The molecule has 1 aromatic heterocycles. The Morgan fingerprint density at radius 3 is 2.54 bits per heavy atom. The van der Waals surface area contributed by atoms with Gasteiger partial charge in [0.15, 0.2) is 0 Å². The molecule has 6 heteroatoms. The van der Waals surface area contributed by atoms with E-state index in [1.165, 1.54) is 6.33 Å².